The molecular weight excluding hydrogens is 312 g/mol. The number of rotatable bonds is 4. The molecule has 2 unspecified atom stereocenters. The van der Waals surface area contributed by atoms with Crippen molar-refractivity contribution >= 4 is 11.6 Å². The summed E-state index contributed by atoms with van der Waals surface area (Å²) in [6, 6.07) is 10.3. The molecule has 2 heterocycles. The molecule has 0 aliphatic carbocycles. The van der Waals surface area contributed by atoms with Gasteiger partial charge in [0.15, 0.2) is 0 Å². The topological polar surface area (TPSA) is 57.3 Å². The average Bonchev–Trinajstić information content (AvgIpc) is 2.64. The van der Waals surface area contributed by atoms with Gasteiger partial charge >= 0.3 is 0 Å². The van der Waals surface area contributed by atoms with Gasteiger partial charge in [0.25, 0.3) is 5.91 Å². The number of benzene rings is 1. The first-order valence-corrected chi connectivity index (χ1v) is 8.79. The fraction of sp³-hybridized carbons (Fsp3) is 0.400. The van der Waals surface area contributed by atoms with Crippen molar-refractivity contribution in [2.45, 2.75) is 19.4 Å². The Kier molecular flexibility index (Phi) is 5.34. The zero-order valence-corrected chi connectivity index (χ0v) is 15.1. The lowest BCUT2D eigenvalue weighted by Crippen LogP contribution is -2.50. The van der Waals surface area contributed by atoms with E-state index in [1.807, 2.05) is 20.2 Å². The van der Waals surface area contributed by atoms with Gasteiger partial charge in [-0.05, 0) is 42.6 Å². The number of amides is 1. The molecule has 2 N–H and O–H groups in total. The molecule has 5 heteroatoms. The Labute approximate surface area is 149 Å². The molecule has 0 spiro atoms. The minimum absolute atomic E-state index is 0.0557. The minimum atomic E-state index is -0.0557. The summed E-state index contributed by atoms with van der Waals surface area (Å²) in [6.45, 7) is 4.03. The third kappa shape index (κ3) is 4.17. The molecule has 5 nitrogen and oxygen atoms in total. The Bertz CT molecular complexity index is 727. The van der Waals surface area contributed by atoms with E-state index in [2.05, 4.69) is 51.7 Å². The van der Waals surface area contributed by atoms with E-state index < -0.39 is 0 Å². The molecule has 132 valence electrons. The van der Waals surface area contributed by atoms with Crippen molar-refractivity contribution in [3.05, 3.63) is 48.3 Å². The maximum absolute atomic E-state index is 12.6. The summed E-state index contributed by atoms with van der Waals surface area (Å²) >= 11 is 0. The Morgan fingerprint density at radius 2 is 1.96 bits per heavy atom. The van der Waals surface area contributed by atoms with Crippen LogP contribution in [0.4, 0.5) is 5.69 Å². The molecule has 1 aromatic heterocycles. The molecule has 3 rings (SSSR count). The zero-order valence-electron chi connectivity index (χ0n) is 15.1. The van der Waals surface area contributed by atoms with Crippen molar-refractivity contribution in [2.24, 2.45) is 5.92 Å². The van der Waals surface area contributed by atoms with Gasteiger partial charge in [0.2, 0.25) is 0 Å². The lowest BCUT2D eigenvalue weighted by Gasteiger charge is -2.30. The highest BCUT2D eigenvalue weighted by Crippen LogP contribution is 2.23. The first-order chi connectivity index (χ1) is 12.0. The number of hydrogen-bond acceptors (Lipinski definition) is 4. The summed E-state index contributed by atoms with van der Waals surface area (Å²) in [5, 5.41) is 6.48. The van der Waals surface area contributed by atoms with Gasteiger partial charge in [-0.25, -0.2) is 0 Å². The molecule has 1 fully saturated rings. The van der Waals surface area contributed by atoms with Crippen LogP contribution in [0.25, 0.3) is 11.1 Å². The molecule has 1 saturated heterocycles. The molecule has 0 bridgehead atoms. The smallest absolute Gasteiger partial charge is 0.253 e. The Morgan fingerprint density at radius 1 is 1.20 bits per heavy atom. The molecule has 1 aliphatic rings. The van der Waals surface area contributed by atoms with Crippen molar-refractivity contribution in [3.63, 3.8) is 0 Å². The second kappa shape index (κ2) is 7.66. The van der Waals surface area contributed by atoms with E-state index in [4.69, 9.17) is 0 Å². The summed E-state index contributed by atoms with van der Waals surface area (Å²) in [5.41, 5.74) is 3.75. The summed E-state index contributed by atoms with van der Waals surface area (Å²) in [4.78, 5) is 18.9. The Morgan fingerprint density at radius 3 is 2.64 bits per heavy atom. The highest BCUT2D eigenvalue weighted by Gasteiger charge is 2.23. The third-order valence-corrected chi connectivity index (χ3v) is 4.86. The number of nitrogens with zero attached hydrogens (tertiary/aromatic N) is 2. The van der Waals surface area contributed by atoms with Gasteiger partial charge in [-0.3, -0.25) is 9.78 Å². The molecule has 2 atom stereocenters. The summed E-state index contributed by atoms with van der Waals surface area (Å²) in [5.74, 6) is 0.430. The van der Waals surface area contributed by atoms with E-state index in [1.54, 1.807) is 12.4 Å². The molecule has 0 radical (unpaired) electrons. The second-order valence-electron chi connectivity index (χ2n) is 6.95. The molecule has 1 aromatic carbocycles. The van der Waals surface area contributed by atoms with Crippen LogP contribution in [-0.2, 0) is 0 Å². The monoisotopic (exact) mass is 338 g/mol. The molecular formula is C20H26N4O. The van der Waals surface area contributed by atoms with Gasteiger partial charge in [-0.1, -0.05) is 19.1 Å². The molecule has 0 saturated carbocycles. The predicted octanol–water partition coefficient (Wildman–Crippen LogP) is 2.54. The zero-order chi connectivity index (χ0) is 17.8. The normalized spacial score (nSPS) is 20.1. The van der Waals surface area contributed by atoms with Crippen LogP contribution < -0.4 is 15.5 Å². The van der Waals surface area contributed by atoms with E-state index in [0.717, 1.165) is 36.3 Å². The quantitative estimate of drug-likeness (QED) is 0.899. The maximum atomic E-state index is 12.6. The molecule has 1 amide bonds. The van der Waals surface area contributed by atoms with Gasteiger partial charge < -0.3 is 15.5 Å². The molecule has 2 aromatic rings. The van der Waals surface area contributed by atoms with Gasteiger partial charge in [0.05, 0.1) is 5.56 Å². The van der Waals surface area contributed by atoms with Crippen LogP contribution >= 0.6 is 0 Å². The average molecular weight is 338 g/mol. The number of nitrogens with one attached hydrogen (secondary N) is 2. The number of aromatic nitrogens is 1. The SMILES string of the molecule is CC1CCNCC1NC(=O)c1cncc(-c2ccc(N(C)C)cc2)c1. The van der Waals surface area contributed by atoms with Crippen molar-refractivity contribution < 1.29 is 4.79 Å². The van der Waals surface area contributed by atoms with Crippen LogP contribution in [0.5, 0.6) is 0 Å². The minimum Gasteiger partial charge on any atom is -0.378 e. The number of piperidine rings is 1. The Balaban J connectivity index is 1.75. The van der Waals surface area contributed by atoms with Gasteiger partial charge in [0, 0.05) is 50.3 Å². The highest BCUT2D eigenvalue weighted by atomic mass is 16.1. The van der Waals surface area contributed by atoms with Gasteiger partial charge in [-0.2, -0.15) is 0 Å². The number of anilines is 1. The predicted molar refractivity (Wildman–Crippen MR) is 102 cm³/mol. The lowest BCUT2D eigenvalue weighted by atomic mass is 9.94. The van der Waals surface area contributed by atoms with Crippen LogP contribution in [0, 0.1) is 5.92 Å². The first-order valence-electron chi connectivity index (χ1n) is 8.79. The van der Waals surface area contributed by atoms with E-state index in [1.165, 1.54) is 0 Å². The second-order valence-corrected chi connectivity index (χ2v) is 6.95. The standard InChI is InChI=1S/C20H26N4O/c1-14-8-9-21-13-19(14)23-20(25)17-10-16(11-22-12-17)15-4-6-18(7-5-15)24(2)3/h4-7,10-12,14,19,21H,8-9,13H2,1-3H3,(H,23,25). The Hall–Kier alpha value is -2.40. The lowest BCUT2D eigenvalue weighted by molar-refractivity contribution is 0.0915. The molecule has 25 heavy (non-hydrogen) atoms. The van der Waals surface area contributed by atoms with Crippen molar-refractivity contribution in [1.82, 2.24) is 15.6 Å². The van der Waals surface area contributed by atoms with Crippen LogP contribution in [0.3, 0.4) is 0 Å². The highest BCUT2D eigenvalue weighted by molar-refractivity contribution is 5.95. The largest absolute Gasteiger partial charge is 0.378 e. The van der Waals surface area contributed by atoms with Crippen molar-refractivity contribution in [2.75, 3.05) is 32.1 Å². The van der Waals surface area contributed by atoms with Crippen LogP contribution in [-0.4, -0.2) is 44.1 Å². The van der Waals surface area contributed by atoms with Crippen LogP contribution in [0.2, 0.25) is 0 Å². The number of carbonyl (C=O) groups is 1. The first kappa shape index (κ1) is 17.4. The van der Waals surface area contributed by atoms with Crippen molar-refractivity contribution in [1.29, 1.82) is 0 Å². The van der Waals surface area contributed by atoms with Crippen molar-refractivity contribution in [3.8, 4) is 11.1 Å². The number of pyridine rings is 1. The van der Waals surface area contributed by atoms with E-state index in [0.29, 0.717) is 11.5 Å². The van der Waals surface area contributed by atoms with E-state index in [9.17, 15) is 4.79 Å². The summed E-state index contributed by atoms with van der Waals surface area (Å²) in [6.07, 6.45) is 4.52. The van der Waals surface area contributed by atoms with E-state index in [-0.39, 0.29) is 11.9 Å². The summed E-state index contributed by atoms with van der Waals surface area (Å²) in [7, 11) is 4.03. The summed E-state index contributed by atoms with van der Waals surface area (Å²) < 4.78 is 0. The third-order valence-electron chi connectivity index (χ3n) is 4.86. The number of carbonyl (C=O) groups excluding carboxylic acids is 1. The van der Waals surface area contributed by atoms with Gasteiger partial charge in [0.1, 0.15) is 0 Å². The maximum Gasteiger partial charge on any atom is 0.253 e. The van der Waals surface area contributed by atoms with Gasteiger partial charge in [-0.15, -0.1) is 0 Å². The molecule has 1 aliphatic heterocycles. The van der Waals surface area contributed by atoms with E-state index >= 15 is 0 Å². The fourth-order valence-electron chi connectivity index (χ4n) is 3.11. The fourth-order valence-corrected chi connectivity index (χ4v) is 3.11. The van der Waals surface area contributed by atoms with Crippen LogP contribution in [0.15, 0.2) is 42.7 Å². The van der Waals surface area contributed by atoms with Crippen LogP contribution in [0.1, 0.15) is 23.7 Å². The number of hydrogen-bond donors (Lipinski definition) is 2.